The first-order valence-corrected chi connectivity index (χ1v) is 7.98. The number of carboxylic acid groups (broad SMARTS) is 1. The first-order valence-electron chi connectivity index (χ1n) is 7.98. The van der Waals surface area contributed by atoms with Crippen LogP contribution in [0.1, 0.15) is 11.5 Å². The van der Waals surface area contributed by atoms with E-state index in [0.29, 0.717) is 12.3 Å². The largest absolute Gasteiger partial charge is 0.484 e. The zero-order chi connectivity index (χ0) is 17.8. The molecule has 25 heavy (non-hydrogen) atoms. The van der Waals surface area contributed by atoms with E-state index in [0.717, 1.165) is 5.56 Å². The van der Waals surface area contributed by atoms with Gasteiger partial charge in [-0.2, -0.15) is 0 Å². The molecule has 0 radical (unpaired) electrons. The van der Waals surface area contributed by atoms with E-state index >= 15 is 0 Å². The summed E-state index contributed by atoms with van der Waals surface area (Å²) in [6.07, 6.45) is 0. The number of rotatable bonds is 5. The molecule has 130 valence electrons. The number of ether oxygens (including phenoxy) is 1. The fourth-order valence-electron chi connectivity index (χ4n) is 3.06. The monoisotopic (exact) mass is 343 g/mol. The van der Waals surface area contributed by atoms with Crippen molar-refractivity contribution in [2.75, 3.05) is 19.7 Å². The average molecular weight is 343 g/mol. The number of hydrogen-bond acceptors (Lipinski definition) is 3. The SMILES string of the molecule is O=C(O)[C@@H]1CN(C(=O)COc2ccc(F)cc2)C[C@@H]1c1ccccc1. The highest BCUT2D eigenvalue weighted by atomic mass is 19.1. The minimum atomic E-state index is -0.913. The zero-order valence-corrected chi connectivity index (χ0v) is 13.5. The van der Waals surface area contributed by atoms with Gasteiger partial charge in [0.25, 0.3) is 5.91 Å². The quantitative estimate of drug-likeness (QED) is 0.906. The van der Waals surface area contributed by atoms with Crippen LogP contribution in [0.5, 0.6) is 5.75 Å². The summed E-state index contributed by atoms with van der Waals surface area (Å²) in [6.45, 7) is 0.284. The van der Waals surface area contributed by atoms with E-state index in [1.807, 2.05) is 30.3 Å². The first kappa shape index (κ1) is 17.0. The van der Waals surface area contributed by atoms with Crippen molar-refractivity contribution < 1.29 is 23.8 Å². The molecule has 6 heteroatoms. The van der Waals surface area contributed by atoms with E-state index in [1.165, 1.54) is 29.2 Å². The van der Waals surface area contributed by atoms with E-state index in [4.69, 9.17) is 4.74 Å². The molecule has 2 aromatic carbocycles. The molecule has 1 heterocycles. The van der Waals surface area contributed by atoms with E-state index in [1.54, 1.807) is 0 Å². The topological polar surface area (TPSA) is 66.8 Å². The molecule has 1 aliphatic rings. The molecule has 1 fully saturated rings. The molecule has 3 rings (SSSR count). The average Bonchev–Trinajstić information content (AvgIpc) is 3.07. The van der Waals surface area contributed by atoms with Crippen molar-refractivity contribution in [2.24, 2.45) is 5.92 Å². The highest BCUT2D eigenvalue weighted by molar-refractivity contribution is 5.80. The summed E-state index contributed by atoms with van der Waals surface area (Å²) in [5.74, 6) is -2.07. The van der Waals surface area contributed by atoms with Crippen molar-refractivity contribution >= 4 is 11.9 Å². The third-order valence-electron chi connectivity index (χ3n) is 4.39. The van der Waals surface area contributed by atoms with Crippen LogP contribution in [0.25, 0.3) is 0 Å². The van der Waals surface area contributed by atoms with Crippen LogP contribution in [0, 0.1) is 11.7 Å². The Bertz CT molecular complexity index is 748. The number of halogens is 1. The number of nitrogens with zero attached hydrogens (tertiary/aromatic N) is 1. The maximum atomic E-state index is 12.9. The third kappa shape index (κ3) is 3.96. The van der Waals surface area contributed by atoms with Crippen molar-refractivity contribution in [1.29, 1.82) is 0 Å². The molecule has 1 aliphatic heterocycles. The predicted molar refractivity (Wildman–Crippen MR) is 88.8 cm³/mol. The molecule has 0 bridgehead atoms. The summed E-state index contributed by atoms with van der Waals surface area (Å²) in [6, 6.07) is 14.7. The Morgan fingerprint density at radius 3 is 2.40 bits per heavy atom. The fraction of sp³-hybridized carbons (Fsp3) is 0.263. The molecule has 0 spiro atoms. The Hall–Kier alpha value is -2.89. The number of benzene rings is 2. The number of carbonyl (C=O) groups is 2. The van der Waals surface area contributed by atoms with Crippen molar-refractivity contribution in [1.82, 2.24) is 4.90 Å². The number of amides is 1. The van der Waals surface area contributed by atoms with Crippen LogP contribution >= 0.6 is 0 Å². The summed E-state index contributed by atoms with van der Waals surface area (Å²) in [5, 5.41) is 9.47. The summed E-state index contributed by atoms with van der Waals surface area (Å²) < 4.78 is 18.2. The Morgan fingerprint density at radius 1 is 1.08 bits per heavy atom. The van der Waals surface area contributed by atoms with Gasteiger partial charge < -0.3 is 14.7 Å². The summed E-state index contributed by atoms with van der Waals surface area (Å²) in [7, 11) is 0. The standard InChI is InChI=1S/C19H18FNO4/c20-14-6-8-15(9-7-14)25-12-18(22)21-10-16(17(11-21)19(23)24)13-4-2-1-3-5-13/h1-9,16-17H,10-12H2,(H,23,24)/t16-,17-/m1/s1. The molecule has 1 N–H and O–H groups in total. The maximum absolute atomic E-state index is 12.9. The maximum Gasteiger partial charge on any atom is 0.308 e. The minimum absolute atomic E-state index is 0.153. The van der Waals surface area contributed by atoms with Gasteiger partial charge in [0.05, 0.1) is 5.92 Å². The van der Waals surface area contributed by atoms with E-state index < -0.39 is 11.9 Å². The molecule has 1 amide bonds. The Labute approximate surface area is 144 Å². The highest BCUT2D eigenvalue weighted by Crippen LogP contribution is 2.32. The van der Waals surface area contributed by atoms with E-state index in [2.05, 4.69) is 0 Å². The lowest BCUT2D eigenvalue weighted by Crippen LogP contribution is -2.33. The second kappa shape index (κ2) is 7.34. The number of aliphatic carboxylic acids is 1. The van der Waals surface area contributed by atoms with Crippen molar-refractivity contribution in [2.45, 2.75) is 5.92 Å². The van der Waals surface area contributed by atoms with Gasteiger partial charge in [-0.3, -0.25) is 9.59 Å². The second-order valence-corrected chi connectivity index (χ2v) is 6.00. The van der Waals surface area contributed by atoms with Crippen molar-refractivity contribution in [3.05, 3.63) is 66.0 Å². The van der Waals surface area contributed by atoms with Crippen LogP contribution in [-0.4, -0.2) is 41.6 Å². The summed E-state index contributed by atoms with van der Waals surface area (Å²) >= 11 is 0. The second-order valence-electron chi connectivity index (χ2n) is 6.00. The van der Waals surface area contributed by atoms with Gasteiger partial charge in [0.2, 0.25) is 0 Å². The van der Waals surface area contributed by atoms with Crippen LogP contribution in [0.4, 0.5) is 4.39 Å². The normalized spacial score (nSPS) is 19.6. The van der Waals surface area contributed by atoms with Gasteiger partial charge >= 0.3 is 5.97 Å². The molecule has 5 nitrogen and oxygen atoms in total. The van der Waals surface area contributed by atoms with E-state index in [-0.39, 0.29) is 30.8 Å². The summed E-state index contributed by atoms with van der Waals surface area (Å²) in [4.78, 5) is 25.4. The fourth-order valence-corrected chi connectivity index (χ4v) is 3.06. The molecule has 0 aromatic heterocycles. The van der Waals surface area contributed by atoms with Crippen molar-refractivity contribution in [3.8, 4) is 5.75 Å². The van der Waals surface area contributed by atoms with Gasteiger partial charge in [-0.1, -0.05) is 30.3 Å². The zero-order valence-electron chi connectivity index (χ0n) is 13.5. The van der Waals surface area contributed by atoms with Crippen LogP contribution in [-0.2, 0) is 9.59 Å². The number of carboxylic acids is 1. The predicted octanol–water partition coefficient (Wildman–Crippen LogP) is 2.53. The lowest BCUT2D eigenvalue weighted by Gasteiger charge is -2.17. The number of hydrogen-bond donors (Lipinski definition) is 1. The molecule has 0 aliphatic carbocycles. The highest BCUT2D eigenvalue weighted by Gasteiger charge is 2.40. The lowest BCUT2D eigenvalue weighted by molar-refractivity contribution is -0.142. The number of likely N-dealkylation sites (tertiary alicyclic amines) is 1. The molecular formula is C19H18FNO4. The van der Waals surface area contributed by atoms with Gasteiger partial charge in [0.15, 0.2) is 6.61 Å². The Balaban J connectivity index is 1.65. The van der Waals surface area contributed by atoms with E-state index in [9.17, 15) is 19.1 Å². The van der Waals surface area contributed by atoms with Crippen LogP contribution in [0.2, 0.25) is 0 Å². The molecule has 0 saturated carbocycles. The molecular weight excluding hydrogens is 325 g/mol. The van der Waals surface area contributed by atoms with Gasteiger partial charge in [0, 0.05) is 19.0 Å². The van der Waals surface area contributed by atoms with Gasteiger partial charge in [-0.05, 0) is 29.8 Å². The number of carbonyl (C=O) groups excluding carboxylic acids is 1. The Morgan fingerprint density at radius 2 is 1.76 bits per heavy atom. The molecule has 0 unspecified atom stereocenters. The minimum Gasteiger partial charge on any atom is -0.484 e. The Kier molecular flexibility index (Phi) is 4.97. The van der Waals surface area contributed by atoms with Crippen LogP contribution < -0.4 is 4.74 Å². The van der Waals surface area contributed by atoms with Gasteiger partial charge in [-0.25, -0.2) is 4.39 Å². The lowest BCUT2D eigenvalue weighted by atomic mass is 9.89. The summed E-state index contributed by atoms with van der Waals surface area (Å²) in [5.41, 5.74) is 0.907. The van der Waals surface area contributed by atoms with Crippen LogP contribution in [0.15, 0.2) is 54.6 Å². The molecule has 2 aromatic rings. The van der Waals surface area contributed by atoms with Crippen molar-refractivity contribution in [3.63, 3.8) is 0 Å². The molecule has 1 saturated heterocycles. The third-order valence-corrected chi connectivity index (χ3v) is 4.39. The van der Waals surface area contributed by atoms with Crippen LogP contribution in [0.3, 0.4) is 0 Å². The first-order chi connectivity index (χ1) is 12.0. The smallest absolute Gasteiger partial charge is 0.308 e. The van der Waals surface area contributed by atoms with Gasteiger partial charge in [-0.15, -0.1) is 0 Å². The van der Waals surface area contributed by atoms with Gasteiger partial charge in [0.1, 0.15) is 11.6 Å². The molecule has 2 atom stereocenters.